The molecule has 0 radical (unpaired) electrons. The summed E-state index contributed by atoms with van der Waals surface area (Å²) in [5.41, 5.74) is 2.39. The molecular formula is C26H25ClN2O4S. The number of benzene rings is 3. The van der Waals surface area contributed by atoms with Crippen LogP contribution in [0.3, 0.4) is 0 Å². The lowest BCUT2D eigenvalue weighted by Gasteiger charge is -2.19. The largest absolute Gasteiger partial charge is 0.459 e. The van der Waals surface area contributed by atoms with E-state index in [0.717, 1.165) is 5.56 Å². The summed E-state index contributed by atoms with van der Waals surface area (Å²) in [5, 5.41) is 3.44. The summed E-state index contributed by atoms with van der Waals surface area (Å²) in [4.78, 5) is 13.1. The second kappa shape index (κ2) is 8.81. The van der Waals surface area contributed by atoms with Crippen molar-refractivity contribution in [3.05, 3.63) is 88.6 Å². The summed E-state index contributed by atoms with van der Waals surface area (Å²) < 4.78 is 34.3. The quantitative estimate of drug-likeness (QED) is 0.320. The fourth-order valence-corrected chi connectivity index (χ4v) is 4.98. The lowest BCUT2D eigenvalue weighted by atomic mass is 9.87. The van der Waals surface area contributed by atoms with E-state index in [9.17, 15) is 13.2 Å². The predicted octanol–water partition coefficient (Wildman–Crippen LogP) is 6.75. The van der Waals surface area contributed by atoms with Crippen molar-refractivity contribution in [3.8, 4) is 0 Å². The van der Waals surface area contributed by atoms with Crippen LogP contribution in [-0.4, -0.2) is 14.3 Å². The van der Waals surface area contributed by atoms with Crippen molar-refractivity contribution < 1.29 is 17.6 Å². The normalized spacial score (nSPS) is 12.0. The van der Waals surface area contributed by atoms with Crippen LogP contribution < -0.4 is 10.0 Å². The topological polar surface area (TPSA) is 88.4 Å². The third kappa shape index (κ3) is 4.81. The zero-order valence-corrected chi connectivity index (χ0v) is 20.8. The zero-order chi connectivity index (χ0) is 24.7. The van der Waals surface area contributed by atoms with E-state index in [2.05, 4.69) is 30.8 Å². The van der Waals surface area contributed by atoms with Crippen molar-refractivity contribution in [1.82, 2.24) is 0 Å². The molecule has 4 aromatic rings. The van der Waals surface area contributed by atoms with E-state index >= 15 is 0 Å². The van der Waals surface area contributed by atoms with E-state index < -0.39 is 10.0 Å². The predicted molar refractivity (Wildman–Crippen MR) is 136 cm³/mol. The van der Waals surface area contributed by atoms with Gasteiger partial charge in [-0.2, -0.15) is 0 Å². The number of anilines is 2. The molecule has 0 unspecified atom stereocenters. The van der Waals surface area contributed by atoms with Gasteiger partial charge in [-0.15, -0.1) is 0 Å². The number of aryl methyl sites for hydroxylation is 1. The number of amides is 1. The smallest absolute Gasteiger partial charge is 0.261 e. The molecule has 0 aliphatic heterocycles. The zero-order valence-electron chi connectivity index (χ0n) is 19.3. The van der Waals surface area contributed by atoms with Crippen molar-refractivity contribution in [2.75, 3.05) is 10.0 Å². The number of halogens is 1. The molecule has 2 N–H and O–H groups in total. The van der Waals surface area contributed by atoms with Crippen molar-refractivity contribution in [2.24, 2.45) is 0 Å². The van der Waals surface area contributed by atoms with Gasteiger partial charge >= 0.3 is 0 Å². The molecule has 3 aromatic carbocycles. The van der Waals surface area contributed by atoms with Gasteiger partial charge in [-0.3, -0.25) is 9.52 Å². The molecular weight excluding hydrogens is 472 g/mol. The molecule has 0 saturated carbocycles. The molecule has 0 atom stereocenters. The number of sulfonamides is 1. The Morgan fingerprint density at radius 2 is 1.59 bits per heavy atom. The van der Waals surface area contributed by atoms with Crippen LogP contribution in [0.15, 0.2) is 76.0 Å². The van der Waals surface area contributed by atoms with E-state index in [1.165, 1.54) is 6.07 Å². The fourth-order valence-electron chi connectivity index (χ4n) is 3.68. The second-order valence-corrected chi connectivity index (χ2v) is 11.2. The number of furan rings is 1. The molecule has 1 aromatic heterocycles. The first-order chi connectivity index (χ1) is 16.0. The highest BCUT2D eigenvalue weighted by Crippen LogP contribution is 2.35. The molecule has 0 aliphatic rings. The Morgan fingerprint density at radius 3 is 2.21 bits per heavy atom. The van der Waals surface area contributed by atoms with Crippen LogP contribution in [0.2, 0.25) is 5.02 Å². The minimum atomic E-state index is -3.88. The molecule has 176 valence electrons. The van der Waals surface area contributed by atoms with Crippen LogP contribution in [0, 0.1) is 6.92 Å². The van der Waals surface area contributed by atoms with Gasteiger partial charge < -0.3 is 9.73 Å². The van der Waals surface area contributed by atoms with E-state index in [1.807, 2.05) is 18.2 Å². The average Bonchev–Trinajstić information content (AvgIpc) is 3.10. The number of rotatable bonds is 5. The second-order valence-electron chi connectivity index (χ2n) is 9.07. The van der Waals surface area contributed by atoms with Gasteiger partial charge in [0.2, 0.25) is 0 Å². The maximum atomic E-state index is 13.0. The van der Waals surface area contributed by atoms with Crippen LogP contribution in [0.25, 0.3) is 11.0 Å². The molecule has 8 heteroatoms. The number of hydrogen-bond donors (Lipinski definition) is 2. The van der Waals surface area contributed by atoms with Crippen LogP contribution >= 0.6 is 11.6 Å². The number of para-hydroxylation sites is 1. The van der Waals surface area contributed by atoms with E-state index in [-0.39, 0.29) is 32.5 Å². The van der Waals surface area contributed by atoms with E-state index in [4.69, 9.17) is 16.0 Å². The lowest BCUT2D eigenvalue weighted by Crippen LogP contribution is -2.15. The van der Waals surface area contributed by atoms with Gasteiger partial charge in [0.05, 0.1) is 21.2 Å². The fraction of sp³-hybridized carbons (Fsp3) is 0.192. The highest BCUT2D eigenvalue weighted by atomic mass is 35.5. The SMILES string of the molecule is Cc1oc2c(Cl)cc(NS(=O)(=O)c3ccc(C(C)(C)C)cc3)cc2c1C(=O)Nc1ccccc1. The van der Waals surface area contributed by atoms with Gasteiger partial charge in [0.1, 0.15) is 5.76 Å². The van der Waals surface area contributed by atoms with E-state index in [1.54, 1.807) is 49.4 Å². The highest BCUT2D eigenvalue weighted by molar-refractivity contribution is 7.92. The van der Waals surface area contributed by atoms with Crippen LogP contribution in [0.1, 0.15) is 42.5 Å². The number of carbonyl (C=O) groups excluding carboxylic acids is 1. The van der Waals surface area contributed by atoms with Gasteiger partial charge in [-0.25, -0.2) is 8.42 Å². The molecule has 0 saturated heterocycles. The Morgan fingerprint density at radius 1 is 0.941 bits per heavy atom. The first kappa shape index (κ1) is 23.9. The molecule has 6 nitrogen and oxygen atoms in total. The monoisotopic (exact) mass is 496 g/mol. The molecule has 34 heavy (non-hydrogen) atoms. The average molecular weight is 497 g/mol. The maximum absolute atomic E-state index is 13.0. The Hall–Kier alpha value is -3.29. The van der Waals surface area contributed by atoms with Crippen molar-refractivity contribution in [2.45, 2.75) is 38.0 Å². The van der Waals surface area contributed by atoms with Gasteiger partial charge in [0, 0.05) is 11.1 Å². The number of fused-ring (bicyclic) bond motifs is 1. The van der Waals surface area contributed by atoms with Gasteiger partial charge in [-0.05, 0) is 54.3 Å². The summed E-state index contributed by atoms with van der Waals surface area (Å²) in [6.45, 7) is 7.84. The summed E-state index contributed by atoms with van der Waals surface area (Å²) in [6.07, 6.45) is 0. The first-order valence-corrected chi connectivity index (χ1v) is 12.5. The van der Waals surface area contributed by atoms with Crippen molar-refractivity contribution >= 4 is 49.9 Å². The molecule has 0 spiro atoms. The van der Waals surface area contributed by atoms with Crippen molar-refractivity contribution in [1.29, 1.82) is 0 Å². The minimum absolute atomic E-state index is 0.0931. The lowest BCUT2D eigenvalue weighted by molar-refractivity contribution is 0.102. The van der Waals surface area contributed by atoms with Crippen LogP contribution in [-0.2, 0) is 15.4 Å². The summed E-state index contributed by atoms with van der Waals surface area (Å²) in [5.74, 6) is -0.000555. The number of carbonyl (C=O) groups is 1. The number of nitrogens with one attached hydrogen (secondary N) is 2. The van der Waals surface area contributed by atoms with Gasteiger partial charge in [0.25, 0.3) is 15.9 Å². The van der Waals surface area contributed by atoms with E-state index in [0.29, 0.717) is 22.4 Å². The number of hydrogen-bond acceptors (Lipinski definition) is 4. The standard InChI is InChI=1S/C26H25ClN2O4S/c1-16-23(25(30)28-18-8-6-5-7-9-18)21-14-19(15-22(27)24(21)33-16)29-34(31,32)20-12-10-17(11-13-20)26(2,3)4/h5-15,29H,1-4H3,(H,28,30). The van der Waals surface area contributed by atoms with Crippen molar-refractivity contribution in [3.63, 3.8) is 0 Å². The molecule has 1 heterocycles. The van der Waals surface area contributed by atoms with Gasteiger partial charge in [-0.1, -0.05) is 62.7 Å². The third-order valence-corrected chi connectivity index (χ3v) is 7.14. The molecule has 0 bridgehead atoms. The molecule has 4 rings (SSSR count). The first-order valence-electron chi connectivity index (χ1n) is 10.7. The van der Waals surface area contributed by atoms with Crippen LogP contribution in [0.5, 0.6) is 0 Å². The molecule has 1 amide bonds. The highest BCUT2D eigenvalue weighted by Gasteiger charge is 2.23. The maximum Gasteiger partial charge on any atom is 0.261 e. The Labute approximate surface area is 204 Å². The molecule has 0 aliphatic carbocycles. The minimum Gasteiger partial charge on any atom is -0.459 e. The Balaban J connectivity index is 1.68. The summed E-state index contributed by atoms with van der Waals surface area (Å²) in [7, 11) is -3.88. The Kier molecular flexibility index (Phi) is 6.18. The van der Waals surface area contributed by atoms with Crippen LogP contribution in [0.4, 0.5) is 11.4 Å². The van der Waals surface area contributed by atoms with Gasteiger partial charge in [0.15, 0.2) is 5.58 Å². The summed E-state index contributed by atoms with van der Waals surface area (Å²) >= 11 is 6.40. The molecule has 0 fully saturated rings. The third-order valence-electron chi connectivity index (χ3n) is 5.46. The Bertz CT molecular complexity index is 1470. The summed E-state index contributed by atoms with van der Waals surface area (Å²) in [6, 6.07) is 18.8.